The van der Waals surface area contributed by atoms with Crippen molar-refractivity contribution >= 4 is 15.9 Å². The number of halogens is 1. The van der Waals surface area contributed by atoms with Gasteiger partial charge in [-0.25, -0.2) is 0 Å². The molecule has 3 nitrogen and oxygen atoms in total. The summed E-state index contributed by atoms with van der Waals surface area (Å²) >= 11 is 3.30. The average Bonchev–Trinajstić information content (AvgIpc) is 2.07. The summed E-state index contributed by atoms with van der Waals surface area (Å²) in [4.78, 5) is 4.14. The number of rotatable bonds is 0. The number of pyridine rings is 1. The lowest BCUT2D eigenvalue weighted by Gasteiger charge is -2.20. The van der Waals surface area contributed by atoms with Crippen LogP contribution in [0.4, 0.5) is 0 Å². The van der Waals surface area contributed by atoms with Gasteiger partial charge < -0.3 is 9.84 Å². The Hall–Kier alpha value is -0.450. The lowest BCUT2D eigenvalue weighted by atomic mass is 10.1. The highest BCUT2D eigenvalue weighted by atomic mass is 79.9. The standard InChI is InChI=1S/C8H8BrNO2/c9-5-1-6-7(10-2-5)3-12-4-8(6)11/h1-2,8,11H,3-4H2. The van der Waals surface area contributed by atoms with Gasteiger partial charge in [0.25, 0.3) is 0 Å². The van der Waals surface area contributed by atoms with Crippen LogP contribution < -0.4 is 0 Å². The molecule has 0 aliphatic carbocycles. The van der Waals surface area contributed by atoms with E-state index in [1.807, 2.05) is 6.07 Å². The second kappa shape index (κ2) is 3.12. The van der Waals surface area contributed by atoms with Crippen LogP contribution in [-0.2, 0) is 11.3 Å². The molecule has 12 heavy (non-hydrogen) atoms. The van der Waals surface area contributed by atoms with E-state index in [1.165, 1.54) is 0 Å². The molecule has 1 aliphatic heterocycles. The Morgan fingerprint density at radius 2 is 2.50 bits per heavy atom. The van der Waals surface area contributed by atoms with Crippen molar-refractivity contribution < 1.29 is 9.84 Å². The first-order valence-electron chi connectivity index (χ1n) is 3.67. The molecule has 4 heteroatoms. The topological polar surface area (TPSA) is 42.4 Å². The highest BCUT2D eigenvalue weighted by Gasteiger charge is 2.19. The van der Waals surface area contributed by atoms with Gasteiger partial charge in [0.1, 0.15) is 6.10 Å². The van der Waals surface area contributed by atoms with E-state index in [9.17, 15) is 5.11 Å². The Bertz CT molecular complexity index is 303. The fraction of sp³-hybridized carbons (Fsp3) is 0.375. The third kappa shape index (κ3) is 1.37. The third-order valence-corrected chi connectivity index (χ3v) is 2.28. The van der Waals surface area contributed by atoms with Crippen molar-refractivity contribution in [3.05, 3.63) is 28.0 Å². The van der Waals surface area contributed by atoms with Gasteiger partial charge in [-0.05, 0) is 22.0 Å². The van der Waals surface area contributed by atoms with Crippen LogP contribution in [0.5, 0.6) is 0 Å². The molecule has 64 valence electrons. The maximum Gasteiger partial charge on any atom is 0.104 e. The third-order valence-electron chi connectivity index (χ3n) is 1.84. The number of hydrogen-bond donors (Lipinski definition) is 1. The summed E-state index contributed by atoms with van der Waals surface area (Å²) in [6.45, 7) is 0.866. The zero-order chi connectivity index (χ0) is 8.55. The van der Waals surface area contributed by atoms with Crippen LogP contribution in [0.2, 0.25) is 0 Å². The molecule has 1 N–H and O–H groups in total. The number of nitrogens with zero attached hydrogens (tertiary/aromatic N) is 1. The molecule has 2 rings (SSSR count). The molecule has 0 amide bonds. The molecule has 1 unspecified atom stereocenters. The van der Waals surface area contributed by atoms with E-state index in [1.54, 1.807) is 6.20 Å². The van der Waals surface area contributed by atoms with Crippen molar-refractivity contribution in [2.45, 2.75) is 12.7 Å². The summed E-state index contributed by atoms with van der Waals surface area (Å²) in [5.41, 5.74) is 1.70. The predicted molar refractivity (Wildman–Crippen MR) is 46.6 cm³/mol. The molecular formula is C8H8BrNO2. The number of ether oxygens (including phenoxy) is 1. The number of aromatic nitrogens is 1. The first kappa shape index (κ1) is 8.16. The highest BCUT2D eigenvalue weighted by Crippen LogP contribution is 2.25. The molecule has 0 spiro atoms. The van der Waals surface area contributed by atoms with Crippen LogP contribution in [0.15, 0.2) is 16.7 Å². The van der Waals surface area contributed by atoms with Crippen molar-refractivity contribution in [2.24, 2.45) is 0 Å². The van der Waals surface area contributed by atoms with Gasteiger partial charge in [0.15, 0.2) is 0 Å². The number of aliphatic hydroxyl groups is 1. The van der Waals surface area contributed by atoms with E-state index < -0.39 is 6.10 Å². The zero-order valence-electron chi connectivity index (χ0n) is 6.33. The molecule has 1 aromatic rings. The minimum Gasteiger partial charge on any atom is -0.386 e. The summed E-state index contributed by atoms with van der Waals surface area (Å²) in [6.07, 6.45) is 1.18. The van der Waals surface area contributed by atoms with Crippen molar-refractivity contribution in [1.29, 1.82) is 0 Å². The maximum atomic E-state index is 9.50. The van der Waals surface area contributed by atoms with Crippen LogP contribution in [0.25, 0.3) is 0 Å². The molecule has 0 aromatic carbocycles. The van der Waals surface area contributed by atoms with Gasteiger partial charge in [-0.1, -0.05) is 0 Å². The minimum absolute atomic E-state index is 0.366. The summed E-state index contributed by atoms with van der Waals surface area (Å²) in [5.74, 6) is 0. The average molecular weight is 230 g/mol. The van der Waals surface area contributed by atoms with Crippen molar-refractivity contribution in [3.8, 4) is 0 Å². The van der Waals surface area contributed by atoms with E-state index in [0.29, 0.717) is 13.2 Å². The summed E-state index contributed by atoms with van der Waals surface area (Å²) in [5, 5.41) is 9.50. The summed E-state index contributed by atoms with van der Waals surface area (Å²) in [6, 6.07) is 1.88. The van der Waals surface area contributed by atoms with E-state index in [4.69, 9.17) is 4.74 Å². The van der Waals surface area contributed by atoms with Crippen molar-refractivity contribution in [3.63, 3.8) is 0 Å². The Morgan fingerprint density at radius 3 is 3.33 bits per heavy atom. The highest BCUT2D eigenvalue weighted by molar-refractivity contribution is 9.10. The first-order valence-corrected chi connectivity index (χ1v) is 4.47. The number of fused-ring (bicyclic) bond motifs is 1. The van der Waals surface area contributed by atoms with Gasteiger partial charge in [-0.3, -0.25) is 4.98 Å². The molecular weight excluding hydrogens is 222 g/mol. The molecule has 1 aromatic heterocycles. The minimum atomic E-state index is -0.529. The summed E-state index contributed by atoms with van der Waals surface area (Å²) in [7, 11) is 0. The molecule has 0 fully saturated rings. The maximum absolute atomic E-state index is 9.50. The SMILES string of the molecule is OC1COCc2ncc(Br)cc21. The lowest BCUT2D eigenvalue weighted by Crippen LogP contribution is -2.17. The fourth-order valence-electron chi connectivity index (χ4n) is 1.25. The lowest BCUT2D eigenvalue weighted by molar-refractivity contribution is 0.00757. The van der Waals surface area contributed by atoms with Crippen LogP contribution in [0.3, 0.4) is 0 Å². The normalized spacial score (nSPS) is 22.0. The number of hydrogen-bond acceptors (Lipinski definition) is 3. The second-order valence-electron chi connectivity index (χ2n) is 2.72. The Labute approximate surface area is 78.5 Å². The monoisotopic (exact) mass is 229 g/mol. The predicted octanol–water partition coefficient (Wildman–Crippen LogP) is 1.41. The Morgan fingerprint density at radius 1 is 1.67 bits per heavy atom. The molecule has 0 saturated carbocycles. The van der Waals surface area contributed by atoms with Crippen LogP contribution in [-0.4, -0.2) is 16.7 Å². The van der Waals surface area contributed by atoms with E-state index in [0.717, 1.165) is 15.7 Å². The largest absolute Gasteiger partial charge is 0.386 e. The van der Waals surface area contributed by atoms with Crippen LogP contribution in [0, 0.1) is 0 Å². The second-order valence-corrected chi connectivity index (χ2v) is 3.64. The van der Waals surface area contributed by atoms with Gasteiger partial charge in [-0.2, -0.15) is 0 Å². The van der Waals surface area contributed by atoms with E-state index in [2.05, 4.69) is 20.9 Å². The van der Waals surface area contributed by atoms with Gasteiger partial charge in [0.2, 0.25) is 0 Å². The number of aliphatic hydroxyl groups excluding tert-OH is 1. The molecule has 0 radical (unpaired) electrons. The molecule has 2 heterocycles. The van der Waals surface area contributed by atoms with E-state index >= 15 is 0 Å². The quantitative estimate of drug-likeness (QED) is 0.732. The van der Waals surface area contributed by atoms with Gasteiger partial charge in [-0.15, -0.1) is 0 Å². The fourth-order valence-corrected chi connectivity index (χ4v) is 1.60. The van der Waals surface area contributed by atoms with Gasteiger partial charge in [0.05, 0.1) is 18.9 Å². The smallest absolute Gasteiger partial charge is 0.104 e. The Kier molecular flexibility index (Phi) is 2.12. The van der Waals surface area contributed by atoms with Crippen LogP contribution >= 0.6 is 15.9 Å². The molecule has 0 bridgehead atoms. The van der Waals surface area contributed by atoms with E-state index in [-0.39, 0.29) is 0 Å². The molecule has 1 aliphatic rings. The van der Waals surface area contributed by atoms with Gasteiger partial charge >= 0.3 is 0 Å². The van der Waals surface area contributed by atoms with Crippen LogP contribution in [0.1, 0.15) is 17.4 Å². The van der Waals surface area contributed by atoms with Crippen molar-refractivity contribution in [1.82, 2.24) is 4.98 Å². The van der Waals surface area contributed by atoms with Gasteiger partial charge in [0, 0.05) is 16.2 Å². The first-order chi connectivity index (χ1) is 5.77. The van der Waals surface area contributed by atoms with Crippen molar-refractivity contribution in [2.75, 3.05) is 6.61 Å². The molecule has 0 saturated heterocycles. The zero-order valence-corrected chi connectivity index (χ0v) is 7.91. The summed E-state index contributed by atoms with van der Waals surface area (Å²) < 4.78 is 6.01. The molecule has 1 atom stereocenters. The Balaban J connectivity index is 2.47.